The van der Waals surface area contributed by atoms with Crippen LogP contribution in [0.4, 0.5) is 0 Å². The van der Waals surface area contributed by atoms with E-state index in [0.717, 1.165) is 5.69 Å². The summed E-state index contributed by atoms with van der Waals surface area (Å²) in [5.74, 6) is 0. The molecular weight excluding hydrogens is 294 g/mol. The van der Waals surface area contributed by atoms with Gasteiger partial charge in [0.15, 0.2) is 0 Å². The van der Waals surface area contributed by atoms with Crippen molar-refractivity contribution in [3.63, 3.8) is 0 Å². The van der Waals surface area contributed by atoms with E-state index in [2.05, 4.69) is 59.6 Å². The van der Waals surface area contributed by atoms with Crippen molar-refractivity contribution in [3.05, 3.63) is 90.8 Å². The zero-order valence-corrected chi connectivity index (χ0v) is 13.1. The molecule has 0 amide bonds. The molecule has 0 aliphatic heterocycles. The maximum absolute atomic E-state index is 4.53. The predicted octanol–water partition coefficient (Wildman–Crippen LogP) is 5.66. The molecule has 21 heavy (non-hydrogen) atoms. The van der Waals surface area contributed by atoms with Crippen LogP contribution < -0.4 is 0 Å². The molecule has 0 saturated carbocycles. The van der Waals surface area contributed by atoms with Crippen LogP contribution in [0, 0.1) is 0 Å². The SMILES string of the molecule is c1ccc(SC(Sc2ccccc2)c2ccccn2)cc1. The van der Waals surface area contributed by atoms with Gasteiger partial charge < -0.3 is 0 Å². The molecule has 0 aliphatic carbocycles. The summed E-state index contributed by atoms with van der Waals surface area (Å²) in [6.45, 7) is 0. The Morgan fingerprint density at radius 1 is 0.619 bits per heavy atom. The third-order valence-electron chi connectivity index (χ3n) is 2.90. The van der Waals surface area contributed by atoms with Crippen LogP contribution in [0.15, 0.2) is 94.9 Å². The summed E-state index contributed by atoms with van der Waals surface area (Å²) in [4.78, 5) is 7.05. The zero-order valence-electron chi connectivity index (χ0n) is 11.4. The van der Waals surface area contributed by atoms with E-state index in [9.17, 15) is 0 Å². The Morgan fingerprint density at radius 2 is 1.14 bits per heavy atom. The smallest absolute Gasteiger partial charge is 0.102 e. The van der Waals surface area contributed by atoms with Gasteiger partial charge in [-0.15, -0.1) is 23.5 Å². The van der Waals surface area contributed by atoms with Crippen LogP contribution in [0.5, 0.6) is 0 Å². The first-order valence-corrected chi connectivity index (χ1v) is 8.52. The summed E-state index contributed by atoms with van der Waals surface area (Å²) >= 11 is 3.67. The molecule has 0 aliphatic rings. The summed E-state index contributed by atoms with van der Waals surface area (Å²) in [5, 5.41) is 0. The Balaban J connectivity index is 1.84. The minimum absolute atomic E-state index is 0.246. The molecule has 0 fully saturated rings. The van der Waals surface area contributed by atoms with E-state index in [1.165, 1.54) is 9.79 Å². The van der Waals surface area contributed by atoms with E-state index in [-0.39, 0.29) is 4.58 Å². The van der Waals surface area contributed by atoms with Gasteiger partial charge in [-0.05, 0) is 36.4 Å². The molecule has 0 saturated heterocycles. The summed E-state index contributed by atoms with van der Waals surface area (Å²) in [6.07, 6.45) is 1.86. The molecule has 1 nitrogen and oxygen atoms in total. The molecule has 1 aromatic heterocycles. The van der Waals surface area contributed by atoms with Gasteiger partial charge in [-0.3, -0.25) is 4.98 Å². The maximum atomic E-state index is 4.53. The second kappa shape index (κ2) is 7.34. The predicted molar refractivity (Wildman–Crippen MR) is 91.6 cm³/mol. The third kappa shape index (κ3) is 4.13. The topological polar surface area (TPSA) is 12.9 Å². The van der Waals surface area contributed by atoms with E-state index in [0.29, 0.717) is 0 Å². The van der Waals surface area contributed by atoms with Crippen LogP contribution in [0.1, 0.15) is 10.3 Å². The van der Waals surface area contributed by atoms with Crippen molar-refractivity contribution in [2.45, 2.75) is 14.4 Å². The first-order valence-electron chi connectivity index (χ1n) is 6.76. The maximum Gasteiger partial charge on any atom is 0.102 e. The van der Waals surface area contributed by atoms with Crippen LogP contribution >= 0.6 is 23.5 Å². The molecule has 104 valence electrons. The number of hydrogen-bond donors (Lipinski definition) is 0. The second-order valence-electron chi connectivity index (χ2n) is 4.45. The van der Waals surface area contributed by atoms with Crippen molar-refractivity contribution < 1.29 is 0 Å². The lowest BCUT2D eigenvalue weighted by Gasteiger charge is -2.15. The van der Waals surface area contributed by atoms with Crippen LogP contribution in [0.2, 0.25) is 0 Å². The van der Waals surface area contributed by atoms with Gasteiger partial charge >= 0.3 is 0 Å². The van der Waals surface area contributed by atoms with E-state index in [1.807, 2.05) is 54.0 Å². The van der Waals surface area contributed by atoms with Gasteiger partial charge in [0.05, 0.1) is 5.69 Å². The van der Waals surface area contributed by atoms with Gasteiger partial charge in [-0.2, -0.15) is 0 Å². The van der Waals surface area contributed by atoms with Gasteiger partial charge in [-0.25, -0.2) is 0 Å². The molecule has 1 heterocycles. The van der Waals surface area contributed by atoms with Crippen molar-refractivity contribution in [1.82, 2.24) is 4.98 Å². The van der Waals surface area contributed by atoms with Gasteiger partial charge in [0.1, 0.15) is 4.58 Å². The molecule has 3 aromatic rings. The van der Waals surface area contributed by atoms with Crippen LogP contribution in [-0.4, -0.2) is 4.98 Å². The first kappa shape index (κ1) is 14.2. The number of nitrogens with zero attached hydrogens (tertiary/aromatic N) is 1. The average molecular weight is 309 g/mol. The minimum Gasteiger partial charge on any atom is -0.259 e. The number of aromatic nitrogens is 1. The third-order valence-corrected chi connectivity index (χ3v) is 5.48. The van der Waals surface area contributed by atoms with E-state index in [1.54, 1.807) is 0 Å². The monoisotopic (exact) mass is 309 g/mol. The lowest BCUT2D eigenvalue weighted by molar-refractivity contribution is 1.15. The zero-order chi connectivity index (χ0) is 14.3. The molecule has 3 heteroatoms. The van der Waals surface area contributed by atoms with E-state index < -0.39 is 0 Å². The van der Waals surface area contributed by atoms with Gasteiger partial charge in [0.2, 0.25) is 0 Å². The van der Waals surface area contributed by atoms with Crippen molar-refractivity contribution >= 4 is 23.5 Å². The Morgan fingerprint density at radius 3 is 1.62 bits per heavy atom. The number of pyridine rings is 1. The Kier molecular flexibility index (Phi) is 4.98. The van der Waals surface area contributed by atoms with E-state index >= 15 is 0 Å². The van der Waals surface area contributed by atoms with Crippen LogP contribution in [0.25, 0.3) is 0 Å². The summed E-state index contributed by atoms with van der Waals surface area (Å²) in [5.41, 5.74) is 1.10. The second-order valence-corrected chi connectivity index (χ2v) is 7.10. The highest BCUT2D eigenvalue weighted by Crippen LogP contribution is 2.46. The highest BCUT2D eigenvalue weighted by molar-refractivity contribution is 8.16. The van der Waals surface area contributed by atoms with Gasteiger partial charge in [0.25, 0.3) is 0 Å². The Bertz CT molecular complexity index is 615. The van der Waals surface area contributed by atoms with Crippen molar-refractivity contribution in [1.29, 1.82) is 0 Å². The highest BCUT2D eigenvalue weighted by atomic mass is 32.2. The fourth-order valence-corrected chi connectivity index (χ4v) is 4.41. The molecule has 0 spiro atoms. The summed E-state index contributed by atoms with van der Waals surface area (Å²) < 4.78 is 0.246. The molecular formula is C18H15NS2. The number of benzene rings is 2. The first-order chi connectivity index (χ1) is 10.4. The molecule has 3 rings (SSSR count). The molecule has 0 N–H and O–H groups in total. The fraction of sp³-hybridized carbons (Fsp3) is 0.0556. The van der Waals surface area contributed by atoms with Crippen LogP contribution in [0.3, 0.4) is 0 Å². The lowest BCUT2D eigenvalue weighted by atomic mass is 10.4. The number of rotatable bonds is 5. The molecule has 0 unspecified atom stereocenters. The Labute approximate surface area is 133 Å². The number of hydrogen-bond acceptors (Lipinski definition) is 3. The summed E-state index contributed by atoms with van der Waals surface area (Å²) in [7, 11) is 0. The normalized spacial score (nSPS) is 10.7. The molecule has 2 aromatic carbocycles. The minimum atomic E-state index is 0.246. The van der Waals surface area contributed by atoms with Crippen LogP contribution in [-0.2, 0) is 0 Å². The fourth-order valence-electron chi connectivity index (χ4n) is 1.91. The van der Waals surface area contributed by atoms with Crippen molar-refractivity contribution in [2.75, 3.05) is 0 Å². The van der Waals surface area contributed by atoms with Gasteiger partial charge in [0, 0.05) is 16.0 Å². The summed E-state index contributed by atoms with van der Waals surface area (Å²) in [6, 6.07) is 27.1. The van der Waals surface area contributed by atoms with E-state index in [4.69, 9.17) is 0 Å². The van der Waals surface area contributed by atoms with Crippen molar-refractivity contribution in [3.8, 4) is 0 Å². The molecule has 0 bridgehead atoms. The molecule has 0 atom stereocenters. The standard InChI is InChI=1S/C18H15NS2/c1-3-9-15(10-4-1)20-18(17-13-7-8-14-19-17)21-16-11-5-2-6-12-16/h1-14,18H. The highest BCUT2D eigenvalue weighted by Gasteiger charge is 2.15. The average Bonchev–Trinajstić information content (AvgIpc) is 2.57. The lowest BCUT2D eigenvalue weighted by Crippen LogP contribution is -1.92. The van der Waals surface area contributed by atoms with Gasteiger partial charge in [-0.1, -0.05) is 42.5 Å². The largest absolute Gasteiger partial charge is 0.259 e. The van der Waals surface area contributed by atoms with Crippen molar-refractivity contribution in [2.24, 2.45) is 0 Å². The number of thioether (sulfide) groups is 2. The quantitative estimate of drug-likeness (QED) is 0.445. The Hall–Kier alpha value is -1.71. The molecule has 0 radical (unpaired) electrons.